The summed E-state index contributed by atoms with van der Waals surface area (Å²) < 4.78 is 83.0. The number of carboxylic acids is 2. The summed E-state index contributed by atoms with van der Waals surface area (Å²) >= 11 is 16.9. The summed E-state index contributed by atoms with van der Waals surface area (Å²) in [5.41, 5.74) is 17.5. The van der Waals surface area contributed by atoms with Crippen LogP contribution in [0.5, 0.6) is 0 Å². The fraction of sp³-hybridized carbons (Fsp3) is 0.490. The van der Waals surface area contributed by atoms with Crippen LogP contribution in [0.2, 0.25) is 15.1 Å². The fourth-order valence-corrected chi connectivity index (χ4v) is 18.1. The summed E-state index contributed by atoms with van der Waals surface area (Å²) in [6.45, 7) is 36.4. The van der Waals surface area contributed by atoms with Gasteiger partial charge < -0.3 is 104 Å². The van der Waals surface area contributed by atoms with Crippen molar-refractivity contribution in [1.82, 2.24) is 33.5 Å². The average Bonchev–Trinajstić information content (AvgIpc) is 1.61. The van der Waals surface area contributed by atoms with Crippen molar-refractivity contribution in [3.05, 3.63) is 200 Å². The number of amides is 4. The van der Waals surface area contributed by atoms with Gasteiger partial charge in [0.05, 0.1) is 78.9 Å². The number of carbonyl (C=O) groups excluding carboxylic acids is 13. The summed E-state index contributed by atoms with van der Waals surface area (Å²) in [7, 11) is 8.11. The SMILES string of the molecule is CC1(N)CCOCC1.CCOC(=O)c1c(C)c(C(=O)C(=O)NC2(C)CCOCC2)n(C)c1C.CCOC(=O)c1c(C)c(C(=O)C(=O)O)n(C)c1C.Cc1c(C(=O)Nc2ccc(F)c(Cl)c2)c(C)n(C)c1C(=O)C(=O)CC1(C)CCOCC1.Cc1c(C(=O)Nc2ccc(F)c(Cl)c2)c(C)n(C)c1C(=O)C(=O)CC1(C)CCOCC1.Cc1c(C(=O)O)c(C)n(C)c1C(=O)C(=O)NC1(C)CCOCC1.Nc1ccc(F)c(Cl)c1.[Na+].[OH-]. The number of anilines is 3. The summed E-state index contributed by atoms with van der Waals surface area (Å²) in [5.74, 6) is -12.1. The zero-order valence-electron chi connectivity index (χ0n) is 87.6. The average molecular weight is 2120 g/mol. The third-order valence-electron chi connectivity index (χ3n) is 27.0. The second-order valence-corrected chi connectivity index (χ2v) is 39.3. The molecule has 36 nitrogen and oxygen atoms in total. The van der Waals surface area contributed by atoms with Crippen LogP contribution in [0, 0.1) is 97.5 Å². The number of benzene rings is 3. The van der Waals surface area contributed by atoms with E-state index in [0.717, 1.165) is 63.9 Å². The topological polar surface area (TPSA) is 516 Å². The van der Waals surface area contributed by atoms with Crippen LogP contribution in [-0.4, -0.2) is 222 Å². The quantitative estimate of drug-likeness (QED) is 0.00866. The Bertz CT molecular complexity index is 6090. The van der Waals surface area contributed by atoms with Gasteiger partial charge in [-0.1, -0.05) is 48.7 Å². The van der Waals surface area contributed by atoms with E-state index in [9.17, 15) is 90.2 Å². The second-order valence-electron chi connectivity index (χ2n) is 38.1. The van der Waals surface area contributed by atoms with Crippen molar-refractivity contribution in [3.8, 4) is 0 Å². The number of esters is 2. The molecule has 0 spiro atoms. The molecule has 5 aromatic heterocycles. The standard InChI is InChI=1S/2C23H26ClFN2O4.C18H26N2O5.C16H22N2O5.C12H15NO5.C6H5ClFN.C6H13NO.Na.H2O/c2*1-13-19(22(30)26-15-5-6-17(25)16(24)11-15)14(2)27(4)20(13)21(29)18(28)12-23(3)7-9-31-10-8-23;1-6-25-17(23)13-11(2)14(20(5)12(13)3)15(21)16(22)19-18(4)7-9-24-10-8-18;1-9-11(15(21)22)10(2)18(4)12(9)13(19)14(20)17-16(3)5-7-23-8-6-16;1-5-18-12(17)8-6(2)9(10(14)11(15)16)13(4)7(8)3;7-5-3-4(9)1-2-6(5)8;1-6(7)2-4-8-5-3-6;;/h2*5-6,11H,7-10,12H2,1-4H3,(H,26,30);6-10H2,1-5H3,(H,19,22);5-8H2,1-4H3,(H,17,20)(H,21,22);5H2,1-4H3,(H,15,16);1-3H,9H2;2-5,7H2,1H3;;1H2/q;;;;;;;+1;/p-1. The van der Waals surface area contributed by atoms with Crippen molar-refractivity contribution in [1.29, 1.82) is 0 Å². The van der Waals surface area contributed by atoms with Crippen LogP contribution in [0.25, 0.3) is 0 Å². The predicted octanol–water partition coefficient (Wildman–Crippen LogP) is 12.7. The molecule has 11 N–H and O–H groups in total. The number of nitrogens with two attached hydrogens (primary N) is 2. The van der Waals surface area contributed by atoms with E-state index in [0.29, 0.717) is 169 Å². The largest absolute Gasteiger partial charge is 1.00 e. The Balaban J connectivity index is 0.000000312. The van der Waals surface area contributed by atoms with E-state index in [-0.39, 0.29) is 132 Å². The number of rotatable bonds is 25. The van der Waals surface area contributed by atoms with Gasteiger partial charge in [0.15, 0.2) is 0 Å². The molecule has 5 saturated heterocycles. The van der Waals surface area contributed by atoms with Crippen molar-refractivity contribution in [2.75, 3.05) is 95.6 Å². The number of Topliss-reactive ketones (excluding diaryl/α,β-unsaturated/α-hetero) is 7. The molecule has 5 aliphatic rings. The Labute approximate surface area is 889 Å². The number of nitrogens with one attached hydrogen (secondary N) is 4. The Morgan fingerprint density at radius 3 is 0.912 bits per heavy atom. The second kappa shape index (κ2) is 54.7. The minimum absolute atomic E-state index is 0. The van der Waals surface area contributed by atoms with E-state index in [2.05, 4.69) is 28.2 Å². The number of ketones is 7. The Morgan fingerprint density at radius 1 is 0.388 bits per heavy atom. The normalized spacial score (nSPS) is 15.3. The molecule has 3 aromatic carbocycles. The molecular weight excluding hydrogens is 1990 g/mol. The zero-order chi connectivity index (χ0) is 109. The van der Waals surface area contributed by atoms with E-state index < -0.39 is 117 Å². The van der Waals surface area contributed by atoms with Crippen molar-refractivity contribution >= 4 is 140 Å². The molecule has 13 rings (SSSR count). The number of carboxylic acid groups (broad SMARTS) is 2. The maximum absolute atomic E-state index is 13.4. The van der Waals surface area contributed by atoms with Gasteiger partial charge in [-0.05, 0) is 261 Å². The number of hydrogen-bond donors (Lipinski definition) is 8. The molecule has 0 aliphatic carbocycles. The molecule has 0 atom stereocenters. The Kier molecular flexibility index (Phi) is 47.0. The van der Waals surface area contributed by atoms with Crippen LogP contribution in [0.3, 0.4) is 0 Å². The fourth-order valence-electron chi connectivity index (χ4n) is 17.5. The summed E-state index contributed by atoms with van der Waals surface area (Å²) in [4.78, 5) is 185. The van der Waals surface area contributed by atoms with Crippen molar-refractivity contribution < 1.29 is 163 Å². The van der Waals surface area contributed by atoms with Crippen LogP contribution in [0.4, 0.5) is 30.2 Å². The Morgan fingerprint density at radius 2 is 0.646 bits per heavy atom. The number of hydrogen-bond acceptors (Lipinski definition) is 25. The minimum Gasteiger partial charge on any atom is -0.870 e. The van der Waals surface area contributed by atoms with Crippen molar-refractivity contribution in [3.63, 3.8) is 0 Å². The summed E-state index contributed by atoms with van der Waals surface area (Å²) in [5, 5.41) is 28.8. The summed E-state index contributed by atoms with van der Waals surface area (Å²) in [6.07, 6.45) is 7.81. The van der Waals surface area contributed by atoms with Crippen LogP contribution < -0.4 is 62.3 Å². The summed E-state index contributed by atoms with van der Waals surface area (Å²) in [6, 6.07) is 11.8. The van der Waals surface area contributed by atoms with E-state index >= 15 is 0 Å². The van der Waals surface area contributed by atoms with E-state index in [1.165, 1.54) is 58.5 Å². The molecule has 147 heavy (non-hydrogen) atoms. The molecule has 43 heteroatoms. The van der Waals surface area contributed by atoms with Crippen LogP contribution in [0.15, 0.2) is 54.6 Å². The number of aromatic nitrogens is 5. The first-order valence-electron chi connectivity index (χ1n) is 47.1. The van der Waals surface area contributed by atoms with Crippen LogP contribution >= 0.6 is 34.8 Å². The molecular formula is C104H134Cl3F3N11NaO25. The third-order valence-corrected chi connectivity index (χ3v) is 27.9. The molecule has 0 bridgehead atoms. The smallest absolute Gasteiger partial charge is 0.870 e. The molecule has 0 radical (unpaired) electrons. The van der Waals surface area contributed by atoms with E-state index in [1.807, 2.05) is 27.7 Å². The van der Waals surface area contributed by atoms with E-state index in [1.54, 1.807) is 125 Å². The van der Waals surface area contributed by atoms with Gasteiger partial charge in [0.25, 0.3) is 41.0 Å². The minimum atomic E-state index is -1.55. The number of ether oxygens (including phenoxy) is 7. The molecule has 0 unspecified atom stereocenters. The van der Waals surface area contributed by atoms with Gasteiger partial charge in [-0.3, -0.25) is 52.7 Å². The van der Waals surface area contributed by atoms with Crippen molar-refractivity contribution in [2.45, 2.75) is 211 Å². The zero-order valence-corrected chi connectivity index (χ0v) is 91.9. The third kappa shape index (κ3) is 32.1. The first-order valence-corrected chi connectivity index (χ1v) is 48.3. The number of nitrogen functional groups attached to an aromatic ring is 1. The van der Waals surface area contributed by atoms with Gasteiger partial charge in [-0.2, -0.15) is 0 Å². The molecule has 798 valence electrons. The number of carbonyl (C=O) groups is 15. The van der Waals surface area contributed by atoms with Crippen molar-refractivity contribution in [2.24, 2.45) is 51.8 Å². The molecule has 5 aliphatic heterocycles. The van der Waals surface area contributed by atoms with Gasteiger partial charge in [-0.25, -0.2) is 32.3 Å². The number of halogens is 6. The maximum atomic E-state index is 13.4. The first kappa shape index (κ1) is 126. The van der Waals surface area contributed by atoms with Gasteiger partial charge in [0.2, 0.25) is 23.1 Å². The predicted molar refractivity (Wildman–Crippen MR) is 540 cm³/mol. The van der Waals surface area contributed by atoms with Crippen LogP contribution in [-0.2, 0) is 92.4 Å². The number of nitrogens with zero attached hydrogens (tertiary/aromatic N) is 5. The maximum Gasteiger partial charge on any atom is 1.00 e. The molecule has 0 saturated carbocycles. The van der Waals surface area contributed by atoms with Gasteiger partial charge >= 0.3 is 53.4 Å². The van der Waals surface area contributed by atoms with E-state index in [4.69, 9.17) is 84.5 Å². The molecule has 5 fully saturated rings. The monoisotopic (exact) mass is 2120 g/mol. The molecule has 8 aromatic rings. The molecule has 10 heterocycles. The molecule has 4 amide bonds. The number of aromatic carboxylic acids is 1. The van der Waals surface area contributed by atoms with Crippen LogP contribution in [0.1, 0.15) is 286 Å². The van der Waals surface area contributed by atoms with Gasteiger partial charge in [-0.15, -0.1) is 0 Å². The Hall–Kier alpha value is -11.3. The van der Waals surface area contributed by atoms with Gasteiger partial charge in [0.1, 0.15) is 23.1 Å². The first-order chi connectivity index (χ1) is 67.7. The van der Waals surface area contributed by atoms with Gasteiger partial charge in [0, 0.05) is 176 Å². The number of aliphatic carboxylic acids is 1.